The molecule has 0 spiro atoms. The predicted molar refractivity (Wildman–Crippen MR) is 79.9 cm³/mol. The number of nitrogens with one attached hydrogen (secondary N) is 1. The number of likely N-dealkylation sites (N-methyl/N-ethyl adjacent to an activating group) is 1. The van der Waals surface area contributed by atoms with Crippen molar-refractivity contribution in [2.45, 2.75) is 46.6 Å². The molecule has 1 aliphatic rings. The summed E-state index contributed by atoms with van der Waals surface area (Å²) < 4.78 is 0. The van der Waals surface area contributed by atoms with Crippen LogP contribution in [-0.4, -0.2) is 48.6 Å². The SMILES string of the molecule is CCCN(CC)CCNC1CSCCC1(C)C. The second-order valence-corrected chi connectivity index (χ2v) is 6.90. The fraction of sp³-hybridized carbons (Fsp3) is 1.00. The van der Waals surface area contributed by atoms with Gasteiger partial charge in [0, 0.05) is 24.9 Å². The van der Waals surface area contributed by atoms with Crippen LogP contribution in [0.3, 0.4) is 0 Å². The van der Waals surface area contributed by atoms with Gasteiger partial charge in [-0.15, -0.1) is 0 Å². The van der Waals surface area contributed by atoms with Crippen molar-refractivity contribution in [3.63, 3.8) is 0 Å². The largest absolute Gasteiger partial charge is 0.311 e. The highest BCUT2D eigenvalue weighted by molar-refractivity contribution is 7.99. The zero-order valence-corrected chi connectivity index (χ0v) is 12.9. The Balaban J connectivity index is 2.24. The molecule has 3 heteroatoms. The maximum absolute atomic E-state index is 3.77. The molecule has 1 saturated heterocycles. The summed E-state index contributed by atoms with van der Waals surface area (Å²) in [5, 5.41) is 3.77. The van der Waals surface area contributed by atoms with Crippen molar-refractivity contribution in [2.75, 3.05) is 37.7 Å². The van der Waals surface area contributed by atoms with E-state index in [0.717, 1.165) is 6.54 Å². The summed E-state index contributed by atoms with van der Waals surface area (Å²) in [4.78, 5) is 2.54. The lowest BCUT2D eigenvalue weighted by atomic mass is 9.82. The molecule has 1 atom stereocenters. The molecule has 1 rings (SSSR count). The minimum Gasteiger partial charge on any atom is -0.311 e. The van der Waals surface area contributed by atoms with E-state index in [1.807, 2.05) is 0 Å². The predicted octanol–water partition coefficient (Wildman–Crippen LogP) is 2.84. The molecular formula is C14H30N2S. The molecule has 0 aromatic rings. The molecule has 1 aliphatic heterocycles. The van der Waals surface area contributed by atoms with Crippen molar-refractivity contribution < 1.29 is 0 Å². The van der Waals surface area contributed by atoms with E-state index in [-0.39, 0.29) is 0 Å². The number of hydrogen-bond acceptors (Lipinski definition) is 3. The Morgan fingerprint density at radius 3 is 2.65 bits per heavy atom. The number of thioether (sulfide) groups is 1. The summed E-state index contributed by atoms with van der Waals surface area (Å²) in [6, 6.07) is 0.696. The third-order valence-corrected chi connectivity index (χ3v) is 4.99. The van der Waals surface area contributed by atoms with Crippen molar-refractivity contribution in [1.29, 1.82) is 0 Å². The average molecular weight is 258 g/mol. The van der Waals surface area contributed by atoms with Gasteiger partial charge in [0.15, 0.2) is 0 Å². The van der Waals surface area contributed by atoms with Gasteiger partial charge in [-0.25, -0.2) is 0 Å². The molecule has 0 aromatic carbocycles. The molecule has 17 heavy (non-hydrogen) atoms. The average Bonchev–Trinajstić information content (AvgIpc) is 2.29. The maximum Gasteiger partial charge on any atom is 0.0210 e. The Kier molecular flexibility index (Phi) is 6.90. The van der Waals surface area contributed by atoms with Gasteiger partial charge >= 0.3 is 0 Å². The molecule has 102 valence electrons. The van der Waals surface area contributed by atoms with E-state index in [1.54, 1.807) is 0 Å². The van der Waals surface area contributed by atoms with Crippen LogP contribution in [0.4, 0.5) is 0 Å². The highest BCUT2D eigenvalue weighted by atomic mass is 32.2. The van der Waals surface area contributed by atoms with E-state index < -0.39 is 0 Å². The van der Waals surface area contributed by atoms with Crippen LogP contribution in [0, 0.1) is 5.41 Å². The lowest BCUT2D eigenvalue weighted by Gasteiger charge is -2.39. The van der Waals surface area contributed by atoms with E-state index in [0.29, 0.717) is 11.5 Å². The van der Waals surface area contributed by atoms with Crippen molar-refractivity contribution in [3.05, 3.63) is 0 Å². The van der Waals surface area contributed by atoms with Crippen LogP contribution in [0.25, 0.3) is 0 Å². The van der Waals surface area contributed by atoms with Crippen LogP contribution >= 0.6 is 11.8 Å². The van der Waals surface area contributed by atoms with E-state index >= 15 is 0 Å². The van der Waals surface area contributed by atoms with Crippen LogP contribution in [-0.2, 0) is 0 Å². The van der Waals surface area contributed by atoms with Gasteiger partial charge in [-0.2, -0.15) is 11.8 Å². The first-order chi connectivity index (χ1) is 8.10. The molecule has 2 nitrogen and oxygen atoms in total. The molecule has 0 saturated carbocycles. The smallest absolute Gasteiger partial charge is 0.0210 e. The fourth-order valence-corrected chi connectivity index (χ4v) is 4.05. The van der Waals surface area contributed by atoms with Crippen molar-refractivity contribution in [1.82, 2.24) is 10.2 Å². The van der Waals surface area contributed by atoms with Crippen LogP contribution in [0.1, 0.15) is 40.5 Å². The van der Waals surface area contributed by atoms with Gasteiger partial charge in [0.2, 0.25) is 0 Å². The Bertz CT molecular complexity index is 206. The maximum atomic E-state index is 3.77. The summed E-state index contributed by atoms with van der Waals surface area (Å²) in [6.07, 6.45) is 2.61. The number of nitrogens with zero attached hydrogens (tertiary/aromatic N) is 1. The van der Waals surface area contributed by atoms with Gasteiger partial charge in [0.25, 0.3) is 0 Å². The van der Waals surface area contributed by atoms with E-state index in [9.17, 15) is 0 Å². The summed E-state index contributed by atoms with van der Waals surface area (Å²) in [6.45, 7) is 14.1. The molecule has 0 amide bonds. The van der Waals surface area contributed by atoms with Crippen molar-refractivity contribution in [2.24, 2.45) is 5.41 Å². The standard InChI is InChI=1S/C14H30N2S/c1-5-9-16(6-2)10-8-15-13-12-17-11-7-14(13,3)4/h13,15H,5-12H2,1-4H3. The third kappa shape index (κ3) is 5.19. The third-order valence-electron chi connectivity index (χ3n) is 3.92. The zero-order chi connectivity index (χ0) is 12.7. The summed E-state index contributed by atoms with van der Waals surface area (Å²) in [5.74, 6) is 2.62. The first-order valence-electron chi connectivity index (χ1n) is 7.13. The highest BCUT2D eigenvalue weighted by Crippen LogP contribution is 2.33. The summed E-state index contributed by atoms with van der Waals surface area (Å²) >= 11 is 2.10. The van der Waals surface area contributed by atoms with Crippen molar-refractivity contribution in [3.8, 4) is 0 Å². The first kappa shape index (κ1) is 15.3. The first-order valence-corrected chi connectivity index (χ1v) is 8.29. The van der Waals surface area contributed by atoms with Gasteiger partial charge in [0.05, 0.1) is 0 Å². The Morgan fingerprint density at radius 2 is 2.06 bits per heavy atom. The second kappa shape index (κ2) is 7.65. The van der Waals surface area contributed by atoms with Gasteiger partial charge in [-0.3, -0.25) is 0 Å². The number of rotatable bonds is 7. The Labute approximate surface area is 112 Å². The van der Waals surface area contributed by atoms with Crippen LogP contribution < -0.4 is 5.32 Å². The quantitative estimate of drug-likeness (QED) is 0.756. The summed E-state index contributed by atoms with van der Waals surface area (Å²) in [5.41, 5.74) is 0.479. The minimum atomic E-state index is 0.479. The van der Waals surface area contributed by atoms with Crippen LogP contribution in [0.15, 0.2) is 0 Å². The van der Waals surface area contributed by atoms with Gasteiger partial charge in [0.1, 0.15) is 0 Å². The highest BCUT2D eigenvalue weighted by Gasteiger charge is 2.31. The molecule has 1 N–H and O–H groups in total. The topological polar surface area (TPSA) is 15.3 Å². The normalized spacial score (nSPS) is 24.2. The van der Waals surface area contributed by atoms with E-state index in [2.05, 4.69) is 49.7 Å². The molecule has 1 unspecified atom stereocenters. The number of hydrogen-bond donors (Lipinski definition) is 1. The lowest BCUT2D eigenvalue weighted by Crippen LogP contribution is -2.48. The fourth-order valence-electron chi connectivity index (χ4n) is 2.41. The minimum absolute atomic E-state index is 0.479. The molecule has 1 fully saturated rings. The second-order valence-electron chi connectivity index (χ2n) is 5.75. The summed E-state index contributed by atoms with van der Waals surface area (Å²) in [7, 11) is 0. The molecule has 1 heterocycles. The van der Waals surface area contributed by atoms with E-state index in [1.165, 1.54) is 44.0 Å². The molecular weight excluding hydrogens is 228 g/mol. The van der Waals surface area contributed by atoms with Gasteiger partial charge in [-0.05, 0) is 37.1 Å². The lowest BCUT2D eigenvalue weighted by molar-refractivity contribution is 0.227. The van der Waals surface area contributed by atoms with Gasteiger partial charge in [-0.1, -0.05) is 27.7 Å². The Hall–Kier alpha value is 0.270. The molecule has 0 radical (unpaired) electrons. The monoisotopic (exact) mass is 258 g/mol. The van der Waals surface area contributed by atoms with Gasteiger partial charge < -0.3 is 10.2 Å². The Morgan fingerprint density at radius 1 is 1.29 bits per heavy atom. The van der Waals surface area contributed by atoms with E-state index in [4.69, 9.17) is 0 Å². The zero-order valence-electron chi connectivity index (χ0n) is 12.1. The molecule has 0 aromatic heterocycles. The molecule has 0 bridgehead atoms. The van der Waals surface area contributed by atoms with Crippen molar-refractivity contribution >= 4 is 11.8 Å². The molecule has 0 aliphatic carbocycles. The van der Waals surface area contributed by atoms with Crippen LogP contribution in [0.5, 0.6) is 0 Å². The van der Waals surface area contributed by atoms with Crippen LogP contribution in [0.2, 0.25) is 0 Å².